The Morgan fingerprint density at radius 2 is 0.871 bits per heavy atom. The Labute approximate surface area is 207 Å². The van der Waals surface area contributed by atoms with Crippen molar-refractivity contribution in [1.82, 2.24) is 0 Å². The van der Waals surface area contributed by atoms with E-state index < -0.39 is 0 Å². The van der Waals surface area contributed by atoms with Crippen LogP contribution in [0.25, 0.3) is 0 Å². The molecule has 2 aromatic carbocycles. The molecule has 1 heterocycles. The first-order valence-corrected chi connectivity index (χ1v) is 13.4. The van der Waals surface area contributed by atoms with Gasteiger partial charge in [0, 0.05) is 24.5 Å². The quantitative estimate of drug-likeness (QED) is 0.271. The van der Waals surface area contributed by atoms with Crippen LogP contribution in [0.4, 0.5) is 11.4 Å². The second-order valence-corrected chi connectivity index (χ2v) is 9.69. The summed E-state index contributed by atoms with van der Waals surface area (Å²) in [5.74, 6) is 2.06. The van der Waals surface area contributed by atoms with Crippen molar-refractivity contribution in [3.05, 3.63) is 65.3 Å². The Morgan fingerprint density at radius 1 is 0.613 bits per heavy atom. The van der Waals surface area contributed by atoms with Gasteiger partial charge in [-0.3, -0.25) is 0 Å². The fraction of sp³-hybridized carbons (Fsp3) is 0.519. The topological polar surface area (TPSA) is 6.48 Å². The Hall–Kier alpha value is -0.930. The Bertz CT molecular complexity index is 723. The molecule has 0 unspecified atom stereocenters. The Morgan fingerprint density at radius 3 is 1.10 bits per heavy atom. The van der Waals surface area contributed by atoms with Crippen LogP contribution in [0.3, 0.4) is 0 Å². The zero-order chi connectivity index (χ0) is 23.3. The molecule has 0 bridgehead atoms. The van der Waals surface area contributed by atoms with Crippen molar-refractivity contribution in [1.29, 1.82) is 0 Å². The molecule has 0 saturated carbocycles. The van der Waals surface area contributed by atoms with Gasteiger partial charge in [0.1, 0.15) is 0 Å². The normalized spacial score (nSPS) is 14.2. The van der Waals surface area contributed by atoms with Gasteiger partial charge in [-0.05, 0) is 45.9 Å². The maximum absolute atomic E-state index is 4.45. The van der Waals surface area contributed by atoms with Crippen LogP contribution < -0.4 is 9.80 Å². The van der Waals surface area contributed by atoms with Gasteiger partial charge < -0.3 is 9.80 Å². The summed E-state index contributed by atoms with van der Waals surface area (Å²) in [6, 6.07) is 13.7. The average molecular weight is 535 g/mol. The Kier molecular flexibility index (Phi) is 10.0. The summed E-state index contributed by atoms with van der Waals surface area (Å²) in [5.41, 5.74) is 8.67. The van der Waals surface area contributed by atoms with Crippen LogP contribution in [0, 0.1) is 6.67 Å². The number of hydrogen-bond donors (Lipinski definition) is 0. The molecule has 2 nitrogen and oxygen atoms in total. The van der Waals surface area contributed by atoms with Gasteiger partial charge in [-0.1, -0.05) is 91.8 Å². The van der Waals surface area contributed by atoms with Crippen LogP contribution in [0.2, 0.25) is 0 Å². The van der Waals surface area contributed by atoms with E-state index in [1.54, 1.807) is 0 Å². The maximum atomic E-state index is 4.45. The molecule has 31 heavy (non-hydrogen) atoms. The van der Waals surface area contributed by atoms with Gasteiger partial charge in [-0.25, -0.2) is 0 Å². The van der Waals surface area contributed by atoms with Crippen molar-refractivity contribution in [2.75, 3.05) is 22.9 Å². The molecule has 1 aliphatic rings. The van der Waals surface area contributed by atoms with E-state index in [2.05, 4.69) is 137 Å². The van der Waals surface area contributed by atoms with Gasteiger partial charge in [-0.15, -0.1) is 0 Å². The molecule has 2 aromatic rings. The van der Waals surface area contributed by atoms with Gasteiger partial charge in [0.25, 0.3) is 0 Å². The molecular weight excluding hydrogens is 496 g/mol. The summed E-state index contributed by atoms with van der Waals surface area (Å²) in [6.07, 6.45) is 0. The van der Waals surface area contributed by atoms with Crippen LogP contribution in [0.1, 0.15) is 101 Å². The summed E-state index contributed by atoms with van der Waals surface area (Å²) in [7, 11) is 4.45. The van der Waals surface area contributed by atoms with Crippen LogP contribution in [-0.4, -0.2) is 13.1 Å². The van der Waals surface area contributed by atoms with E-state index in [0.29, 0.717) is 23.7 Å². The molecule has 3 rings (SSSR count). The first-order chi connectivity index (χ1) is 14.7. The summed E-state index contributed by atoms with van der Waals surface area (Å²) < 4.78 is 0. The number of nitrogens with zero attached hydrogens (tertiary/aromatic N) is 2. The van der Waals surface area contributed by atoms with Crippen LogP contribution in [0.15, 0.2) is 36.4 Å². The third-order valence-electron chi connectivity index (χ3n) is 6.12. The number of rotatable bonds is 6. The third-order valence-corrected chi connectivity index (χ3v) is 6.12. The zero-order valence-corrected chi connectivity index (χ0v) is 22.6. The van der Waals surface area contributed by atoms with Gasteiger partial charge in [0.2, 0.25) is 0 Å². The van der Waals surface area contributed by atoms with Gasteiger partial charge in [-0.2, -0.15) is 6.67 Å². The number of benzene rings is 2. The van der Waals surface area contributed by atoms with Crippen molar-refractivity contribution >= 4 is 20.6 Å². The molecule has 0 N–H and O–H groups in total. The van der Waals surface area contributed by atoms with Crippen molar-refractivity contribution in [3.8, 4) is 0 Å². The molecule has 0 aromatic heterocycles. The molecule has 0 radical (unpaired) electrons. The van der Waals surface area contributed by atoms with E-state index in [-0.39, 0.29) is 0 Å². The minimum absolute atomic E-state index is 0.514. The molecule has 176 valence electrons. The van der Waals surface area contributed by atoms with Gasteiger partial charge in [0.05, 0.1) is 0 Å². The van der Waals surface area contributed by atoms with Crippen molar-refractivity contribution in [2.45, 2.75) is 79.1 Å². The number of para-hydroxylation sites is 2. The summed E-state index contributed by atoms with van der Waals surface area (Å²) in [4.78, 5) is 5.01. The standard InChI is InChI=1S/C27H39N2.Ag.ClH/c1-18(2)22-11-9-12-23(19(3)4)26(22)28-15-16-29(17-28)27-24(20(5)6)13-10-14-25(27)21(7)8;;/h9-14,17-21H,15-16H2,1-8H3;;1H/q-1;+1;/p-1. The predicted molar refractivity (Wildman–Crippen MR) is 134 cm³/mol. The second kappa shape index (κ2) is 11.8. The van der Waals surface area contributed by atoms with Crippen LogP contribution in [0.5, 0.6) is 0 Å². The van der Waals surface area contributed by atoms with Crippen LogP contribution >= 0.6 is 9.19 Å². The molecule has 4 heteroatoms. The first kappa shape index (κ1) is 26.3. The van der Waals surface area contributed by atoms with Crippen LogP contribution in [-0.2, 0) is 20.0 Å². The SMILES string of the molecule is CC(C)c1cccc(C(C)C)c1N1[CH-]N(c2c(C(C)C)cccc2C(C)C)CC1.[Cl][Ag]. The number of halogens is 1. The minimum atomic E-state index is 0.514. The summed E-state index contributed by atoms with van der Waals surface area (Å²) in [6.45, 7) is 22.9. The molecule has 1 saturated heterocycles. The molecule has 0 amide bonds. The number of hydrogen-bond acceptors (Lipinski definition) is 2. The van der Waals surface area contributed by atoms with Gasteiger partial charge >= 0.3 is 29.2 Å². The molecule has 0 aliphatic carbocycles. The fourth-order valence-electron chi connectivity index (χ4n) is 4.53. The van der Waals surface area contributed by atoms with E-state index in [4.69, 9.17) is 0 Å². The Balaban J connectivity index is 0.00000166. The predicted octanol–water partition coefficient (Wildman–Crippen LogP) is 8.31. The number of anilines is 2. The van der Waals surface area contributed by atoms with E-state index in [0.717, 1.165) is 13.1 Å². The molecular formula is C27H39AgClN2-. The summed E-state index contributed by atoms with van der Waals surface area (Å²) in [5, 5.41) is 0. The zero-order valence-electron chi connectivity index (χ0n) is 20.3. The van der Waals surface area contributed by atoms with Crippen molar-refractivity contribution in [3.63, 3.8) is 0 Å². The van der Waals surface area contributed by atoms with E-state index in [9.17, 15) is 0 Å². The molecule has 1 aliphatic heterocycles. The van der Waals surface area contributed by atoms with Crippen molar-refractivity contribution in [2.24, 2.45) is 0 Å². The molecule has 0 spiro atoms. The van der Waals surface area contributed by atoms with E-state index in [1.807, 2.05) is 0 Å². The van der Waals surface area contributed by atoms with E-state index in [1.165, 1.54) is 33.6 Å². The summed E-state index contributed by atoms with van der Waals surface area (Å²) >= 11 is 2.42. The third kappa shape index (κ3) is 5.90. The fourth-order valence-corrected chi connectivity index (χ4v) is 4.53. The van der Waals surface area contributed by atoms with Crippen molar-refractivity contribution < 1.29 is 20.0 Å². The van der Waals surface area contributed by atoms with Gasteiger partial charge in [0.15, 0.2) is 0 Å². The first-order valence-electron chi connectivity index (χ1n) is 11.5. The monoisotopic (exact) mass is 533 g/mol. The van der Waals surface area contributed by atoms with E-state index >= 15 is 0 Å². The average Bonchev–Trinajstić information content (AvgIpc) is 3.23. The molecule has 0 atom stereocenters. The molecule has 1 fully saturated rings. The second-order valence-electron chi connectivity index (χ2n) is 9.69.